The number of hydrogen-bond donors (Lipinski definition) is 1. The zero-order valence-corrected chi connectivity index (χ0v) is 12.4. The molecule has 0 saturated carbocycles. The van der Waals surface area contributed by atoms with E-state index in [4.69, 9.17) is 14.2 Å². The summed E-state index contributed by atoms with van der Waals surface area (Å²) in [5, 5.41) is 3.41. The van der Waals surface area contributed by atoms with Crippen LogP contribution in [-0.2, 0) is 14.2 Å². The van der Waals surface area contributed by atoms with Crippen LogP contribution in [0.1, 0.15) is 39.5 Å². The lowest BCUT2D eigenvalue weighted by Gasteiger charge is -2.08. The Morgan fingerprint density at radius 2 is 1.44 bits per heavy atom. The summed E-state index contributed by atoms with van der Waals surface area (Å²) in [5.74, 6) is 0. The molecule has 0 atom stereocenters. The normalized spacial score (nSPS) is 11.3. The Labute approximate surface area is 112 Å². The third kappa shape index (κ3) is 15.8. The highest BCUT2D eigenvalue weighted by Crippen LogP contribution is 1.95. The van der Waals surface area contributed by atoms with E-state index in [1.807, 2.05) is 0 Å². The number of hydrogen-bond acceptors (Lipinski definition) is 4. The maximum Gasteiger partial charge on any atom is 0.0700 e. The summed E-state index contributed by atoms with van der Waals surface area (Å²) in [6.45, 7) is 9.24. The summed E-state index contributed by atoms with van der Waals surface area (Å²) >= 11 is 0. The number of ether oxygens (including phenoxy) is 3. The van der Waals surface area contributed by atoms with Gasteiger partial charge >= 0.3 is 0 Å². The van der Waals surface area contributed by atoms with Crippen molar-refractivity contribution in [3.05, 3.63) is 0 Å². The van der Waals surface area contributed by atoms with Gasteiger partial charge in [0.1, 0.15) is 0 Å². The largest absolute Gasteiger partial charge is 0.385 e. The molecule has 0 aromatic carbocycles. The molecule has 0 saturated heterocycles. The summed E-state index contributed by atoms with van der Waals surface area (Å²) in [4.78, 5) is 0. The SMILES string of the molecule is COCCCOCCOCCCCCNC(C)C. The van der Waals surface area contributed by atoms with E-state index in [2.05, 4.69) is 19.2 Å². The minimum atomic E-state index is 0.594. The molecule has 0 rings (SSSR count). The first-order chi connectivity index (χ1) is 8.77. The van der Waals surface area contributed by atoms with Crippen LogP contribution in [0, 0.1) is 0 Å². The summed E-state index contributed by atoms with van der Waals surface area (Å²) < 4.78 is 15.8. The molecule has 0 heterocycles. The Morgan fingerprint density at radius 1 is 0.778 bits per heavy atom. The average molecular weight is 261 g/mol. The monoisotopic (exact) mass is 261 g/mol. The molecule has 0 aromatic rings. The average Bonchev–Trinajstić information content (AvgIpc) is 2.34. The van der Waals surface area contributed by atoms with Crippen LogP contribution in [0.15, 0.2) is 0 Å². The summed E-state index contributed by atoms with van der Waals surface area (Å²) in [7, 11) is 1.71. The number of nitrogens with one attached hydrogen (secondary N) is 1. The fourth-order valence-corrected chi connectivity index (χ4v) is 1.52. The lowest BCUT2D eigenvalue weighted by molar-refractivity contribution is 0.0387. The number of unbranched alkanes of at least 4 members (excludes halogenated alkanes) is 2. The Morgan fingerprint density at radius 3 is 2.06 bits per heavy atom. The maximum atomic E-state index is 5.49. The van der Waals surface area contributed by atoms with Crippen molar-refractivity contribution in [2.45, 2.75) is 45.6 Å². The fraction of sp³-hybridized carbons (Fsp3) is 1.00. The molecule has 4 nitrogen and oxygen atoms in total. The summed E-state index contributed by atoms with van der Waals surface area (Å²) in [6.07, 6.45) is 4.56. The first-order valence-corrected chi connectivity index (χ1v) is 7.15. The van der Waals surface area contributed by atoms with Gasteiger partial charge < -0.3 is 19.5 Å². The van der Waals surface area contributed by atoms with Gasteiger partial charge in [0, 0.05) is 33.0 Å². The molecule has 0 radical (unpaired) electrons. The number of methoxy groups -OCH3 is 1. The van der Waals surface area contributed by atoms with Crippen molar-refractivity contribution in [3.8, 4) is 0 Å². The second-order valence-electron chi connectivity index (χ2n) is 4.74. The van der Waals surface area contributed by atoms with E-state index < -0.39 is 0 Å². The van der Waals surface area contributed by atoms with E-state index in [1.165, 1.54) is 12.8 Å². The summed E-state index contributed by atoms with van der Waals surface area (Å²) in [6, 6.07) is 0.594. The predicted octanol–water partition coefficient (Wildman–Crippen LogP) is 2.22. The van der Waals surface area contributed by atoms with Gasteiger partial charge in [0.05, 0.1) is 13.2 Å². The zero-order chi connectivity index (χ0) is 13.5. The van der Waals surface area contributed by atoms with Crippen molar-refractivity contribution >= 4 is 0 Å². The highest BCUT2D eigenvalue weighted by Gasteiger charge is 1.94. The van der Waals surface area contributed by atoms with Gasteiger partial charge in [-0.3, -0.25) is 0 Å². The Balaban J connectivity index is 2.90. The maximum absolute atomic E-state index is 5.49. The van der Waals surface area contributed by atoms with Crippen LogP contribution in [-0.4, -0.2) is 52.7 Å². The smallest absolute Gasteiger partial charge is 0.0700 e. The van der Waals surface area contributed by atoms with Crippen LogP contribution in [0.4, 0.5) is 0 Å². The van der Waals surface area contributed by atoms with Crippen molar-refractivity contribution in [1.29, 1.82) is 0 Å². The van der Waals surface area contributed by atoms with Gasteiger partial charge in [-0.15, -0.1) is 0 Å². The number of rotatable bonds is 14. The molecule has 4 heteroatoms. The van der Waals surface area contributed by atoms with Crippen molar-refractivity contribution in [2.24, 2.45) is 0 Å². The van der Waals surface area contributed by atoms with Crippen LogP contribution < -0.4 is 5.32 Å². The second kappa shape index (κ2) is 14.9. The van der Waals surface area contributed by atoms with Crippen molar-refractivity contribution in [3.63, 3.8) is 0 Å². The minimum absolute atomic E-state index is 0.594. The van der Waals surface area contributed by atoms with Gasteiger partial charge in [-0.05, 0) is 32.2 Å². The zero-order valence-electron chi connectivity index (χ0n) is 12.4. The molecule has 0 aliphatic heterocycles. The van der Waals surface area contributed by atoms with Crippen LogP contribution in [0.5, 0.6) is 0 Å². The molecule has 0 aliphatic carbocycles. The van der Waals surface area contributed by atoms with Gasteiger partial charge in [0.2, 0.25) is 0 Å². The summed E-state index contributed by atoms with van der Waals surface area (Å²) in [5.41, 5.74) is 0. The molecular weight excluding hydrogens is 230 g/mol. The molecule has 0 spiro atoms. The third-order valence-electron chi connectivity index (χ3n) is 2.53. The van der Waals surface area contributed by atoms with E-state index in [0.29, 0.717) is 19.3 Å². The van der Waals surface area contributed by atoms with Gasteiger partial charge in [0.15, 0.2) is 0 Å². The molecule has 1 N–H and O–H groups in total. The van der Waals surface area contributed by atoms with Crippen molar-refractivity contribution in [2.75, 3.05) is 46.7 Å². The Hall–Kier alpha value is -0.160. The topological polar surface area (TPSA) is 39.7 Å². The van der Waals surface area contributed by atoms with Crippen LogP contribution in [0.3, 0.4) is 0 Å². The van der Waals surface area contributed by atoms with Crippen LogP contribution >= 0.6 is 0 Å². The molecule has 0 aromatic heterocycles. The highest BCUT2D eigenvalue weighted by molar-refractivity contribution is 4.52. The van der Waals surface area contributed by atoms with E-state index in [0.717, 1.165) is 39.2 Å². The Bertz CT molecular complexity index is 154. The molecule has 0 bridgehead atoms. The van der Waals surface area contributed by atoms with Gasteiger partial charge in [0.25, 0.3) is 0 Å². The standard InChI is InChI=1S/C14H31NO3/c1-14(2)15-8-5-4-6-10-17-12-13-18-11-7-9-16-3/h14-15H,4-13H2,1-3H3. The minimum Gasteiger partial charge on any atom is -0.385 e. The molecule has 18 heavy (non-hydrogen) atoms. The second-order valence-corrected chi connectivity index (χ2v) is 4.74. The van der Waals surface area contributed by atoms with E-state index in [9.17, 15) is 0 Å². The van der Waals surface area contributed by atoms with Gasteiger partial charge in [-0.25, -0.2) is 0 Å². The van der Waals surface area contributed by atoms with Crippen LogP contribution in [0.2, 0.25) is 0 Å². The van der Waals surface area contributed by atoms with E-state index in [1.54, 1.807) is 7.11 Å². The lowest BCUT2D eigenvalue weighted by Crippen LogP contribution is -2.23. The predicted molar refractivity (Wildman–Crippen MR) is 75.1 cm³/mol. The Kier molecular flexibility index (Phi) is 14.8. The molecule has 0 unspecified atom stereocenters. The first kappa shape index (κ1) is 17.8. The van der Waals surface area contributed by atoms with Crippen molar-refractivity contribution < 1.29 is 14.2 Å². The third-order valence-corrected chi connectivity index (χ3v) is 2.53. The van der Waals surface area contributed by atoms with E-state index in [-0.39, 0.29) is 0 Å². The highest BCUT2D eigenvalue weighted by atomic mass is 16.5. The molecule has 0 amide bonds. The first-order valence-electron chi connectivity index (χ1n) is 7.15. The molecular formula is C14H31NO3. The van der Waals surface area contributed by atoms with Crippen molar-refractivity contribution in [1.82, 2.24) is 5.32 Å². The molecule has 0 fully saturated rings. The fourth-order valence-electron chi connectivity index (χ4n) is 1.52. The lowest BCUT2D eigenvalue weighted by atomic mass is 10.2. The molecule has 0 aliphatic rings. The van der Waals surface area contributed by atoms with Gasteiger partial charge in [-0.1, -0.05) is 13.8 Å². The van der Waals surface area contributed by atoms with Crippen LogP contribution in [0.25, 0.3) is 0 Å². The van der Waals surface area contributed by atoms with E-state index >= 15 is 0 Å². The quantitative estimate of drug-likeness (QED) is 0.487. The van der Waals surface area contributed by atoms with Gasteiger partial charge in [-0.2, -0.15) is 0 Å². The molecule has 110 valence electrons.